The van der Waals surface area contributed by atoms with Gasteiger partial charge >= 0.3 is 0 Å². The van der Waals surface area contributed by atoms with Crippen LogP contribution in [0.25, 0.3) is 0 Å². The summed E-state index contributed by atoms with van der Waals surface area (Å²) in [5, 5.41) is 38.2. The summed E-state index contributed by atoms with van der Waals surface area (Å²) in [5.74, 6) is -0.295. The molecule has 0 aliphatic rings. The smallest absolute Gasteiger partial charge is 0.148 e. The van der Waals surface area contributed by atoms with Gasteiger partial charge in [-0.25, -0.2) is 0 Å². The maximum Gasteiger partial charge on any atom is 0.148 e. The van der Waals surface area contributed by atoms with E-state index in [1.165, 1.54) is 6.20 Å². The second-order valence-corrected chi connectivity index (χ2v) is 2.56. The van der Waals surface area contributed by atoms with Crippen LogP contribution >= 0.6 is 12.4 Å². The maximum absolute atomic E-state index is 9.50. The van der Waals surface area contributed by atoms with Gasteiger partial charge in [0.25, 0.3) is 0 Å². The van der Waals surface area contributed by atoms with Gasteiger partial charge < -0.3 is 20.5 Å². The van der Waals surface area contributed by atoms with Gasteiger partial charge in [-0.15, -0.1) is 12.4 Å². The van der Waals surface area contributed by atoms with E-state index in [9.17, 15) is 5.11 Å². The molecule has 0 saturated carbocycles. The number of aromatic nitrogens is 1. The Bertz CT molecular complexity index is 357. The first-order valence-electron chi connectivity index (χ1n) is 3.83. The van der Waals surface area contributed by atoms with Crippen molar-refractivity contribution in [3.05, 3.63) is 23.0 Å². The number of pyridine rings is 1. The van der Waals surface area contributed by atoms with Gasteiger partial charge in [0.1, 0.15) is 11.4 Å². The first kappa shape index (κ1) is 13.6. The molecule has 15 heavy (non-hydrogen) atoms. The van der Waals surface area contributed by atoms with E-state index in [-0.39, 0.29) is 36.0 Å². The lowest BCUT2D eigenvalue weighted by molar-refractivity contribution is 0.254. The van der Waals surface area contributed by atoms with Crippen LogP contribution in [0.5, 0.6) is 5.75 Å². The number of nitrogens with zero attached hydrogens (tertiary/aromatic N) is 2. The SMILES string of the molecule is Cl.OCc1cnc(/C=N/O)c(O)c1CO. The molecule has 0 aromatic carbocycles. The maximum atomic E-state index is 9.50. The van der Waals surface area contributed by atoms with Crippen LogP contribution in [0, 0.1) is 0 Å². The fraction of sp³-hybridized carbons (Fsp3) is 0.250. The molecular weight excluding hydrogens is 224 g/mol. The third-order valence-corrected chi connectivity index (χ3v) is 1.78. The molecule has 0 spiro atoms. The summed E-state index contributed by atoms with van der Waals surface area (Å²) >= 11 is 0. The number of hydrogen-bond acceptors (Lipinski definition) is 6. The number of halogens is 1. The number of aromatic hydroxyl groups is 1. The van der Waals surface area contributed by atoms with Gasteiger partial charge in [0.15, 0.2) is 0 Å². The molecular formula is C8H11ClN2O4. The summed E-state index contributed by atoms with van der Waals surface area (Å²) in [6.45, 7) is -0.747. The van der Waals surface area contributed by atoms with Gasteiger partial charge in [-0.1, -0.05) is 5.16 Å². The van der Waals surface area contributed by atoms with E-state index in [2.05, 4.69) is 10.1 Å². The van der Waals surface area contributed by atoms with Gasteiger partial charge in [0, 0.05) is 17.3 Å². The van der Waals surface area contributed by atoms with Gasteiger partial charge in [0.05, 0.1) is 19.4 Å². The number of aliphatic hydroxyl groups excluding tert-OH is 2. The van der Waals surface area contributed by atoms with Crippen molar-refractivity contribution < 1.29 is 20.5 Å². The van der Waals surface area contributed by atoms with Crippen molar-refractivity contribution >= 4 is 18.6 Å². The highest BCUT2D eigenvalue weighted by Gasteiger charge is 2.11. The minimum Gasteiger partial charge on any atom is -0.505 e. The molecule has 0 unspecified atom stereocenters. The Labute approximate surface area is 91.9 Å². The average molecular weight is 235 g/mol. The van der Waals surface area contributed by atoms with Crippen LogP contribution < -0.4 is 0 Å². The molecule has 1 rings (SSSR count). The minimum absolute atomic E-state index is 0. The second-order valence-electron chi connectivity index (χ2n) is 2.56. The molecule has 1 aromatic rings. The molecule has 0 atom stereocenters. The van der Waals surface area contributed by atoms with E-state index in [4.69, 9.17) is 15.4 Å². The Balaban J connectivity index is 0.00000196. The lowest BCUT2D eigenvalue weighted by Crippen LogP contribution is -2.00. The molecule has 0 fully saturated rings. The fourth-order valence-corrected chi connectivity index (χ4v) is 1.06. The quantitative estimate of drug-likeness (QED) is 0.335. The Morgan fingerprint density at radius 1 is 1.33 bits per heavy atom. The predicted octanol–water partition coefficient (Wildman–Crippen LogP) is 0.00170. The van der Waals surface area contributed by atoms with Crippen LogP contribution in [0.2, 0.25) is 0 Å². The largest absolute Gasteiger partial charge is 0.505 e. The van der Waals surface area contributed by atoms with Crippen molar-refractivity contribution in [1.82, 2.24) is 4.98 Å². The van der Waals surface area contributed by atoms with E-state index in [1.54, 1.807) is 0 Å². The van der Waals surface area contributed by atoms with E-state index < -0.39 is 6.61 Å². The standard InChI is InChI=1S/C8H10N2O4.ClH/c11-3-5-1-9-7(2-10-14)8(13)6(5)4-12;/h1-2,11-14H,3-4H2;1H/b10-2+;. The molecule has 0 aliphatic carbocycles. The summed E-state index contributed by atoms with van der Waals surface area (Å²) in [7, 11) is 0. The molecule has 7 heteroatoms. The Morgan fingerprint density at radius 3 is 2.47 bits per heavy atom. The molecule has 6 nitrogen and oxygen atoms in total. The summed E-state index contributed by atoms with van der Waals surface area (Å²) in [4.78, 5) is 3.72. The van der Waals surface area contributed by atoms with Gasteiger partial charge in [-0.05, 0) is 0 Å². The van der Waals surface area contributed by atoms with E-state index in [0.717, 1.165) is 6.21 Å². The monoisotopic (exact) mass is 234 g/mol. The molecule has 1 heterocycles. The molecule has 0 saturated heterocycles. The summed E-state index contributed by atoms with van der Waals surface area (Å²) in [6.07, 6.45) is 2.23. The molecule has 0 radical (unpaired) electrons. The van der Waals surface area contributed by atoms with Crippen molar-refractivity contribution in [1.29, 1.82) is 0 Å². The Kier molecular flexibility index (Phi) is 5.61. The Hall–Kier alpha value is -1.37. The molecule has 1 aromatic heterocycles. The van der Waals surface area contributed by atoms with Crippen molar-refractivity contribution in [2.45, 2.75) is 13.2 Å². The fourth-order valence-electron chi connectivity index (χ4n) is 1.06. The minimum atomic E-state index is -0.420. The summed E-state index contributed by atoms with van der Waals surface area (Å²) in [6, 6.07) is 0. The molecule has 0 amide bonds. The van der Waals surface area contributed by atoms with Crippen LogP contribution in [0.15, 0.2) is 11.4 Å². The van der Waals surface area contributed by atoms with Crippen molar-refractivity contribution in [2.24, 2.45) is 5.16 Å². The zero-order chi connectivity index (χ0) is 10.6. The number of rotatable bonds is 3. The van der Waals surface area contributed by atoms with Crippen LogP contribution in [-0.2, 0) is 13.2 Å². The first-order chi connectivity index (χ1) is 6.74. The summed E-state index contributed by atoms with van der Waals surface area (Å²) < 4.78 is 0. The van der Waals surface area contributed by atoms with Crippen LogP contribution in [0.1, 0.15) is 16.8 Å². The van der Waals surface area contributed by atoms with Gasteiger partial charge in [-0.2, -0.15) is 0 Å². The molecule has 0 aliphatic heterocycles. The third-order valence-electron chi connectivity index (χ3n) is 1.78. The highest BCUT2D eigenvalue weighted by molar-refractivity contribution is 5.85. The van der Waals surface area contributed by atoms with E-state index in [1.807, 2.05) is 0 Å². The van der Waals surface area contributed by atoms with Gasteiger partial charge in [0.2, 0.25) is 0 Å². The lowest BCUT2D eigenvalue weighted by atomic mass is 10.1. The lowest BCUT2D eigenvalue weighted by Gasteiger charge is -2.07. The van der Waals surface area contributed by atoms with Crippen molar-refractivity contribution in [3.63, 3.8) is 0 Å². The normalized spacial score (nSPS) is 10.3. The highest BCUT2D eigenvalue weighted by Crippen LogP contribution is 2.23. The zero-order valence-corrected chi connectivity index (χ0v) is 8.48. The topological polar surface area (TPSA) is 106 Å². The van der Waals surface area contributed by atoms with E-state index in [0.29, 0.717) is 5.56 Å². The first-order valence-corrected chi connectivity index (χ1v) is 3.83. The van der Waals surface area contributed by atoms with Crippen molar-refractivity contribution in [3.8, 4) is 5.75 Å². The Morgan fingerprint density at radius 2 is 2.00 bits per heavy atom. The van der Waals surface area contributed by atoms with Crippen molar-refractivity contribution in [2.75, 3.05) is 0 Å². The molecule has 0 bridgehead atoms. The zero-order valence-electron chi connectivity index (χ0n) is 7.66. The number of oxime groups is 1. The van der Waals surface area contributed by atoms with E-state index >= 15 is 0 Å². The van der Waals surface area contributed by atoms with Gasteiger partial charge in [-0.3, -0.25) is 4.98 Å². The molecule has 84 valence electrons. The van der Waals surface area contributed by atoms with Crippen LogP contribution in [-0.4, -0.2) is 31.7 Å². The second kappa shape index (κ2) is 6.18. The predicted molar refractivity (Wildman–Crippen MR) is 54.4 cm³/mol. The summed E-state index contributed by atoms with van der Waals surface area (Å²) in [5.41, 5.74) is 0.547. The number of aliphatic hydroxyl groups is 2. The number of hydrogen-bond donors (Lipinski definition) is 4. The average Bonchev–Trinajstić information content (AvgIpc) is 2.21. The van der Waals surface area contributed by atoms with Crippen LogP contribution in [0.3, 0.4) is 0 Å². The van der Waals surface area contributed by atoms with Crippen LogP contribution in [0.4, 0.5) is 0 Å². The third kappa shape index (κ3) is 2.79. The highest BCUT2D eigenvalue weighted by atomic mass is 35.5. The molecule has 4 N–H and O–H groups in total.